The minimum atomic E-state index is -1.05. The monoisotopic (exact) mass is 426 g/mol. The normalized spacial score (nSPS) is 16.2. The molecule has 1 saturated heterocycles. The van der Waals surface area contributed by atoms with E-state index in [9.17, 15) is 18.4 Å². The van der Waals surface area contributed by atoms with E-state index in [1.165, 1.54) is 13.0 Å². The summed E-state index contributed by atoms with van der Waals surface area (Å²) in [7, 11) is 0. The average molecular weight is 426 g/mol. The SMILES string of the molecule is CC(=O)Nc1ccc(-c2noc([C@H]3CCCN(C(=O)c4ccc(F)c(F)c4)C3)n2)cc1. The van der Waals surface area contributed by atoms with Crippen molar-refractivity contribution < 1.29 is 22.9 Å². The van der Waals surface area contributed by atoms with E-state index in [-0.39, 0.29) is 23.3 Å². The molecule has 0 spiro atoms. The molecule has 0 radical (unpaired) electrons. The van der Waals surface area contributed by atoms with Gasteiger partial charge in [-0.2, -0.15) is 4.98 Å². The molecule has 160 valence electrons. The number of halogens is 2. The van der Waals surface area contributed by atoms with Gasteiger partial charge in [0.15, 0.2) is 11.6 Å². The summed E-state index contributed by atoms with van der Waals surface area (Å²) in [5, 5.41) is 6.72. The van der Waals surface area contributed by atoms with Gasteiger partial charge in [-0.05, 0) is 55.3 Å². The molecule has 3 aromatic rings. The van der Waals surface area contributed by atoms with Gasteiger partial charge in [0.1, 0.15) is 0 Å². The van der Waals surface area contributed by atoms with Gasteiger partial charge in [0.2, 0.25) is 17.6 Å². The standard InChI is InChI=1S/C22H20F2N4O3/c1-13(29)25-17-7-4-14(5-8-17)20-26-21(31-27-20)16-3-2-10-28(12-16)22(30)15-6-9-18(23)19(24)11-15/h4-9,11,16H,2-3,10,12H2,1H3,(H,25,29)/t16-/m0/s1. The third kappa shape index (κ3) is 4.60. The molecule has 1 N–H and O–H groups in total. The van der Waals surface area contributed by atoms with E-state index < -0.39 is 11.6 Å². The smallest absolute Gasteiger partial charge is 0.253 e. The number of hydrogen-bond donors (Lipinski definition) is 1. The van der Waals surface area contributed by atoms with Gasteiger partial charge in [0.05, 0.1) is 5.92 Å². The van der Waals surface area contributed by atoms with E-state index in [0.717, 1.165) is 30.5 Å². The van der Waals surface area contributed by atoms with Crippen LogP contribution in [0.25, 0.3) is 11.4 Å². The van der Waals surface area contributed by atoms with Gasteiger partial charge in [0.25, 0.3) is 5.91 Å². The van der Waals surface area contributed by atoms with Gasteiger partial charge < -0.3 is 14.7 Å². The minimum Gasteiger partial charge on any atom is -0.339 e. The first-order valence-corrected chi connectivity index (χ1v) is 9.86. The Kier molecular flexibility index (Phi) is 5.75. The minimum absolute atomic E-state index is 0.102. The number of carbonyl (C=O) groups excluding carboxylic acids is 2. The summed E-state index contributed by atoms with van der Waals surface area (Å²) < 4.78 is 32.1. The predicted octanol–water partition coefficient (Wildman–Crippen LogP) is 3.99. The van der Waals surface area contributed by atoms with Crippen LogP contribution in [0.2, 0.25) is 0 Å². The van der Waals surface area contributed by atoms with Crippen LogP contribution in [0.4, 0.5) is 14.5 Å². The predicted molar refractivity (Wildman–Crippen MR) is 108 cm³/mol. The van der Waals surface area contributed by atoms with Crippen LogP contribution in [0.15, 0.2) is 47.0 Å². The van der Waals surface area contributed by atoms with Crippen molar-refractivity contribution in [3.05, 3.63) is 65.6 Å². The highest BCUT2D eigenvalue weighted by molar-refractivity contribution is 5.94. The zero-order chi connectivity index (χ0) is 22.0. The lowest BCUT2D eigenvalue weighted by Crippen LogP contribution is -2.39. The van der Waals surface area contributed by atoms with Crippen molar-refractivity contribution in [2.24, 2.45) is 0 Å². The summed E-state index contributed by atoms with van der Waals surface area (Å²) in [6.07, 6.45) is 1.49. The van der Waals surface area contributed by atoms with Gasteiger partial charge in [-0.3, -0.25) is 9.59 Å². The van der Waals surface area contributed by atoms with Crippen LogP contribution in [0.3, 0.4) is 0 Å². The van der Waals surface area contributed by atoms with Crippen molar-refractivity contribution in [1.29, 1.82) is 0 Å². The molecule has 1 atom stereocenters. The van der Waals surface area contributed by atoms with E-state index in [4.69, 9.17) is 4.52 Å². The second kappa shape index (κ2) is 8.63. The summed E-state index contributed by atoms with van der Waals surface area (Å²) in [6, 6.07) is 10.2. The maximum atomic E-state index is 13.5. The molecule has 0 bridgehead atoms. The Balaban J connectivity index is 1.46. The summed E-state index contributed by atoms with van der Waals surface area (Å²) >= 11 is 0. The van der Waals surface area contributed by atoms with Crippen molar-refractivity contribution in [3.63, 3.8) is 0 Å². The number of aromatic nitrogens is 2. The summed E-state index contributed by atoms with van der Waals surface area (Å²) in [6.45, 7) is 2.30. The number of rotatable bonds is 4. The van der Waals surface area contributed by atoms with Crippen LogP contribution < -0.4 is 5.32 Å². The van der Waals surface area contributed by atoms with Gasteiger partial charge in [-0.1, -0.05) is 5.16 Å². The van der Waals surface area contributed by atoms with Crippen LogP contribution in [0.5, 0.6) is 0 Å². The Morgan fingerprint density at radius 1 is 1.13 bits per heavy atom. The second-order valence-corrected chi connectivity index (χ2v) is 7.43. The van der Waals surface area contributed by atoms with Crippen LogP contribution in [0, 0.1) is 11.6 Å². The van der Waals surface area contributed by atoms with Crippen LogP contribution in [-0.4, -0.2) is 39.9 Å². The van der Waals surface area contributed by atoms with E-state index >= 15 is 0 Å². The van der Waals surface area contributed by atoms with Crippen molar-refractivity contribution in [1.82, 2.24) is 15.0 Å². The highest BCUT2D eigenvalue weighted by atomic mass is 19.2. The molecule has 1 aliphatic rings. The fraction of sp³-hybridized carbons (Fsp3) is 0.273. The molecule has 31 heavy (non-hydrogen) atoms. The van der Waals surface area contributed by atoms with Gasteiger partial charge >= 0.3 is 0 Å². The topological polar surface area (TPSA) is 88.3 Å². The molecular formula is C22H20F2N4O3. The van der Waals surface area contributed by atoms with Crippen molar-refractivity contribution in [3.8, 4) is 11.4 Å². The van der Waals surface area contributed by atoms with Crippen LogP contribution in [0.1, 0.15) is 41.9 Å². The third-order valence-electron chi connectivity index (χ3n) is 5.13. The summed E-state index contributed by atoms with van der Waals surface area (Å²) in [5.41, 5.74) is 1.50. The number of piperidine rings is 1. The zero-order valence-electron chi connectivity index (χ0n) is 16.8. The number of carbonyl (C=O) groups is 2. The fourth-order valence-electron chi connectivity index (χ4n) is 3.60. The highest BCUT2D eigenvalue weighted by Gasteiger charge is 2.29. The van der Waals surface area contributed by atoms with Crippen molar-refractivity contribution >= 4 is 17.5 Å². The maximum Gasteiger partial charge on any atom is 0.253 e. The van der Waals surface area contributed by atoms with Gasteiger partial charge in [0, 0.05) is 36.8 Å². The number of nitrogens with one attached hydrogen (secondary N) is 1. The molecule has 2 aromatic carbocycles. The lowest BCUT2D eigenvalue weighted by atomic mass is 9.97. The molecule has 0 saturated carbocycles. The first kappa shape index (κ1) is 20.6. The lowest BCUT2D eigenvalue weighted by Gasteiger charge is -2.31. The Morgan fingerprint density at radius 3 is 2.61 bits per heavy atom. The number of hydrogen-bond acceptors (Lipinski definition) is 5. The molecule has 1 aromatic heterocycles. The summed E-state index contributed by atoms with van der Waals surface area (Å²) in [5.74, 6) is -1.88. The van der Waals surface area contributed by atoms with Crippen molar-refractivity contribution in [2.45, 2.75) is 25.7 Å². The molecule has 9 heteroatoms. The van der Waals surface area contributed by atoms with E-state index in [1.54, 1.807) is 29.2 Å². The van der Waals surface area contributed by atoms with Gasteiger partial charge in [-0.25, -0.2) is 8.78 Å². The third-order valence-corrected chi connectivity index (χ3v) is 5.13. The quantitative estimate of drug-likeness (QED) is 0.682. The first-order valence-electron chi connectivity index (χ1n) is 9.86. The number of nitrogens with zero attached hydrogens (tertiary/aromatic N) is 3. The number of benzene rings is 2. The average Bonchev–Trinajstić information content (AvgIpc) is 3.26. The van der Waals surface area contributed by atoms with Gasteiger partial charge in [-0.15, -0.1) is 0 Å². The Bertz CT molecular complexity index is 1110. The molecule has 2 heterocycles. The Hall–Kier alpha value is -3.62. The highest BCUT2D eigenvalue weighted by Crippen LogP contribution is 2.29. The number of anilines is 1. The van der Waals surface area contributed by atoms with Crippen LogP contribution >= 0.6 is 0 Å². The molecule has 7 nitrogen and oxygen atoms in total. The van der Waals surface area contributed by atoms with Crippen LogP contribution in [-0.2, 0) is 4.79 Å². The molecule has 1 fully saturated rings. The fourth-order valence-corrected chi connectivity index (χ4v) is 3.60. The first-order chi connectivity index (χ1) is 14.9. The van der Waals surface area contributed by atoms with E-state index in [0.29, 0.717) is 30.5 Å². The molecule has 0 unspecified atom stereocenters. The molecule has 4 rings (SSSR count). The Labute approximate surface area is 177 Å². The summed E-state index contributed by atoms with van der Waals surface area (Å²) in [4.78, 5) is 29.9. The van der Waals surface area contributed by atoms with E-state index in [2.05, 4.69) is 15.5 Å². The maximum absolute atomic E-state index is 13.5. The van der Waals surface area contributed by atoms with Crippen molar-refractivity contribution in [2.75, 3.05) is 18.4 Å². The molecule has 0 aliphatic carbocycles. The molecule has 1 aliphatic heterocycles. The molecule has 2 amide bonds. The lowest BCUT2D eigenvalue weighted by molar-refractivity contribution is -0.114. The number of amides is 2. The van der Waals surface area contributed by atoms with E-state index in [1.807, 2.05) is 0 Å². The second-order valence-electron chi connectivity index (χ2n) is 7.43. The number of likely N-dealkylation sites (tertiary alicyclic amines) is 1. The Morgan fingerprint density at radius 2 is 1.90 bits per heavy atom. The zero-order valence-corrected chi connectivity index (χ0v) is 16.8. The molecular weight excluding hydrogens is 406 g/mol. The largest absolute Gasteiger partial charge is 0.339 e.